The topological polar surface area (TPSA) is 81.4 Å². The molecule has 146 valence electrons. The molecule has 0 atom stereocenters. The summed E-state index contributed by atoms with van der Waals surface area (Å²) in [6.45, 7) is 0. The molecule has 1 amide bonds. The Morgan fingerprint density at radius 2 is 1.73 bits per heavy atom. The fourth-order valence-corrected chi connectivity index (χ4v) is 3.11. The summed E-state index contributed by atoms with van der Waals surface area (Å²) in [5.41, 5.74) is 2.59. The van der Waals surface area contributed by atoms with E-state index in [0.29, 0.717) is 23.0 Å². The Kier molecular flexibility index (Phi) is 4.29. The number of carbonyl (C=O) groups excluding carboxylic acids is 1. The summed E-state index contributed by atoms with van der Waals surface area (Å²) in [5.74, 6) is -0.279. The average Bonchev–Trinajstić information content (AvgIpc) is 3.26. The Bertz CT molecular complexity index is 1380. The molecule has 0 spiro atoms. The molecule has 2 aromatic heterocycles. The van der Waals surface area contributed by atoms with Crippen molar-refractivity contribution in [2.75, 3.05) is 5.32 Å². The van der Waals surface area contributed by atoms with E-state index in [1.807, 2.05) is 24.3 Å². The highest BCUT2D eigenvalue weighted by molar-refractivity contribution is 6.04. The minimum absolute atomic E-state index is 0.0209. The van der Waals surface area contributed by atoms with Crippen LogP contribution in [0.5, 0.6) is 11.6 Å². The summed E-state index contributed by atoms with van der Waals surface area (Å²) >= 11 is 0. The van der Waals surface area contributed by atoms with Gasteiger partial charge in [-0.15, -0.1) is 10.2 Å². The van der Waals surface area contributed by atoms with Crippen molar-refractivity contribution in [2.24, 2.45) is 0 Å². The summed E-state index contributed by atoms with van der Waals surface area (Å²) in [6.07, 6.45) is 1.60. The maximum absolute atomic E-state index is 13.8. The van der Waals surface area contributed by atoms with E-state index < -0.39 is 11.7 Å². The second-order valence-electron chi connectivity index (χ2n) is 6.49. The SMILES string of the molecule is O=C(Nc1ccc(Oc2nc3ccccc3n3cnnc23)cc1)c1ccccc1F. The molecule has 5 rings (SSSR count). The molecule has 0 saturated heterocycles. The summed E-state index contributed by atoms with van der Waals surface area (Å²) in [7, 11) is 0. The lowest BCUT2D eigenvalue weighted by Gasteiger charge is -2.09. The number of anilines is 1. The van der Waals surface area contributed by atoms with Gasteiger partial charge in [0.25, 0.3) is 11.8 Å². The number of halogens is 1. The summed E-state index contributed by atoms with van der Waals surface area (Å²) < 4.78 is 21.5. The van der Waals surface area contributed by atoms with E-state index in [1.54, 1.807) is 41.1 Å². The first-order chi connectivity index (χ1) is 14.7. The maximum atomic E-state index is 13.8. The number of carbonyl (C=O) groups is 1. The number of fused-ring (bicyclic) bond motifs is 3. The van der Waals surface area contributed by atoms with Crippen LogP contribution in [0.1, 0.15) is 10.4 Å². The Labute approximate surface area is 169 Å². The smallest absolute Gasteiger partial charge is 0.266 e. The monoisotopic (exact) mass is 399 g/mol. The van der Waals surface area contributed by atoms with Crippen molar-refractivity contribution >= 4 is 28.3 Å². The Morgan fingerprint density at radius 1 is 0.967 bits per heavy atom. The van der Waals surface area contributed by atoms with E-state index in [4.69, 9.17) is 4.74 Å². The van der Waals surface area contributed by atoms with Crippen molar-refractivity contribution in [3.8, 4) is 11.6 Å². The molecular weight excluding hydrogens is 385 g/mol. The zero-order chi connectivity index (χ0) is 20.5. The van der Waals surface area contributed by atoms with Crippen LogP contribution in [-0.4, -0.2) is 25.5 Å². The van der Waals surface area contributed by atoms with Crippen molar-refractivity contribution in [1.82, 2.24) is 19.6 Å². The number of nitrogens with one attached hydrogen (secondary N) is 1. The number of rotatable bonds is 4. The third-order valence-electron chi connectivity index (χ3n) is 4.55. The van der Waals surface area contributed by atoms with E-state index in [9.17, 15) is 9.18 Å². The summed E-state index contributed by atoms with van der Waals surface area (Å²) in [6, 6.07) is 20.1. The quantitative estimate of drug-likeness (QED) is 0.483. The van der Waals surface area contributed by atoms with Gasteiger partial charge < -0.3 is 10.1 Å². The van der Waals surface area contributed by atoms with E-state index in [0.717, 1.165) is 11.0 Å². The predicted octanol–water partition coefficient (Wildman–Crippen LogP) is 4.46. The van der Waals surface area contributed by atoms with Gasteiger partial charge >= 0.3 is 0 Å². The fourth-order valence-electron chi connectivity index (χ4n) is 3.11. The molecule has 0 fully saturated rings. The van der Waals surface area contributed by atoms with E-state index in [-0.39, 0.29) is 5.56 Å². The van der Waals surface area contributed by atoms with Crippen LogP contribution in [0.4, 0.5) is 10.1 Å². The van der Waals surface area contributed by atoms with Crippen molar-refractivity contribution in [3.63, 3.8) is 0 Å². The van der Waals surface area contributed by atoms with Gasteiger partial charge in [0.2, 0.25) is 5.65 Å². The van der Waals surface area contributed by atoms with Crippen LogP contribution in [0.15, 0.2) is 79.1 Å². The average molecular weight is 399 g/mol. The largest absolute Gasteiger partial charge is 0.436 e. The fraction of sp³-hybridized carbons (Fsp3) is 0. The van der Waals surface area contributed by atoms with Crippen molar-refractivity contribution in [1.29, 1.82) is 0 Å². The third-order valence-corrected chi connectivity index (χ3v) is 4.55. The Morgan fingerprint density at radius 3 is 2.57 bits per heavy atom. The zero-order valence-electron chi connectivity index (χ0n) is 15.5. The zero-order valence-corrected chi connectivity index (χ0v) is 15.5. The molecule has 0 aliphatic carbocycles. The first-order valence-corrected chi connectivity index (χ1v) is 9.11. The minimum atomic E-state index is -0.574. The summed E-state index contributed by atoms with van der Waals surface area (Å²) in [4.78, 5) is 16.8. The number of para-hydroxylation sites is 2. The van der Waals surface area contributed by atoms with Gasteiger partial charge in [0, 0.05) is 5.69 Å². The molecule has 30 heavy (non-hydrogen) atoms. The van der Waals surface area contributed by atoms with Crippen LogP contribution >= 0.6 is 0 Å². The van der Waals surface area contributed by atoms with Gasteiger partial charge in [-0.1, -0.05) is 24.3 Å². The molecule has 0 aliphatic heterocycles. The number of benzene rings is 3. The van der Waals surface area contributed by atoms with Gasteiger partial charge in [-0.25, -0.2) is 9.37 Å². The first kappa shape index (κ1) is 17.7. The number of amides is 1. The van der Waals surface area contributed by atoms with Crippen molar-refractivity contribution in [2.45, 2.75) is 0 Å². The van der Waals surface area contributed by atoms with Gasteiger partial charge in [-0.3, -0.25) is 9.20 Å². The van der Waals surface area contributed by atoms with Crippen LogP contribution < -0.4 is 10.1 Å². The van der Waals surface area contributed by atoms with E-state index in [2.05, 4.69) is 20.5 Å². The first-order valence-electron chi connectivity index (χ1n) is 9.11. The Hall–Kier alpha value is -4.33. The molecule has 0 aliphatic rings. The molecule has 2 heterocycles. The van der Waals surface area contributed by atoms with Crippen molar-refractivity contribution < 1.29 is 13.9 Å². The van der Waals surface area contributed by atoms with Crippen LogP contribution in [0.2, 0.25) is 0 Å². The minimum Gasteiger partial charge on any atom is -0.436 e. The van der Waals surface area contributed by atoms with Gasteiger partial charge in [-0.05, 0) is 48.5 Å². The molecule has 0 bridgehead atoms. The molecular formula is C22H14FN5O2. The lowest BCUT2D eigenvalue weighted by Crippen LogP contribution is -2.13. The van der Waals surface area contributed by atoms with Crippen LogP contribution in [0.3, 0.4) is 0 Å². The molecule has 5 aromatic rings. The summed E-state index contributed by atoms with van der Waals surface area (Å²) in [5, 5.41) is 10.7. The Balaban J connectivity index is 1.39. The molecule has 8 heteroatoms. The van der Waals surface area contributed by atoms with Crippen LogP contribution in [0, 0.1) is 5.82 Å². The molecule has 0 radical (unpaired) electrons. The molecule has 0 saturated carbocycles. The maximum Gasteiger partial charge on any atom is 0.266 e. The molecule has 3 aromatic carbocycles. The molecule has 1 N–H and O–H groups in total. The van der Waals surface area contributed by atoms with Gasteiger partial charge in [-0.2, -0.15) is 0 Å². The predicted molar refractivity (Wildman–Crippen MR) is 109 cm³/mol. The van der Waals surface area contributed by atoms with Gasteiger partial charge in [0.05, 0.1) is 16.6 Å². The van der Waals surface area contributed by atoms with Crippen LogP contribution in [0.25, 0.3) is 16.7 Å². The lowest BCUT2D eigenvalue weighted by atomic mass is 10.2. The van der Waals surface area contributed by atoms with E-state index >= 15 is 0 Å². The lowest BCUT2D eigenvalue weighted by molar-refractivity contribution is 0.102. The highest BCUT2D eigenvalue weighted by Crippen LogP contribution is 2.27. The second-order valence-corrected chi connectivity index (χ2v) is 6.49. The van der Waals surface area contributed by atoms with Gasteiger partial charge in [0.1, 0.15) is 17.9 Å². The number of nitrogens with zero attached hydrogens (tertiary/aromatic N) is 4. The number of hydrogen-bond acceptors (Lipinski definition) is 5. The highest BCUT2D eigenvalue weighted by atomic mass is 19.1. The number of aromatic nitrogens is 4. The van der Waals surface area contributed by atoms with E-state index in [1.165, 1.54) is 18.2 Å². The second kappa shape index (κ2) is 7.25. The molecule has 7 nitrogen and oxygen atoms in total. The third kappa shape index (κ3) is 3.20. The van der Waals surface area contributed by atoms with Gasteiger partial charge in [0.15, 0.2) is 0 Å². The van der Waals surface area contributed by atoms with Crippen LogP contribution in [-0.2, 0) is 0 Å². The highest BCUT2D eigenvalue weighted by Gasteiger charge is 2.13. The van der Waals surface area contributed by atoms with Crippen molar-refractivity contribution in [3.05, 3.63) is 90.5 Å². The number of hydrogen-bond donors (Lipinski definition) is 1. The number of ether oxygens (including phenoxy) is 1. The normalized spacial score (nSPS) is 11.0. The standard InChI is InChI=1S/C22H14FN5O2/c23-17-6-2-1-5-16(17)21(29)25-14-9-11-15(12-10-14)30-22-20-27-24-13-28(20)19-8-4-3-7-18(19)26-22/h1-13H,(H,25,29). The molecule has 0 unspecified atom stereocenters.